The Kier molecular flexibility index (Phi) is 6.19. The molecule has 154 valence electrons. The Hall–Kier alpha value is -2.20. The standard InChI is InChI=1S/C18H23FN2O6S/c1-2-26-18(23)13-11-16(27-12-6-5-7-12)14(10-15(13)19)17(22)20-28(24,25)21-8-3-4-9-21/h10-12H,2-9H2,1H3,(H,20,22). The van der Waals surface area contributed by atoms with Crippen LogP contribution >= 0.6 is 0 Å². The maximum absolute atomic E-state index is 14.4. The van der Waals surface area contributed by atoms with Crippen molar-refractivity contribution < 1.29 is 31.9 Å². The predicted molar refractivity (Wildman–Crippen MR) is 97.8 cm³/mol. The fourth-order valence-electron chi connectivity index (χ4n) is 3.03. The molecule has 1 aromatic carbocycles. The van der Waals surface area contributed by atoms with Crippen LogP contribution in [0.2, 0.25) is 0 Å². The minimum absolute atomic E-state index is 0.0386. The highest BCUT2D eigenvalue weighted by atomic mass is 32.2. The summed E-state index contributed by atoms with van der Waals surface area (Å²) in [6, 6.07) is 1.91. The van der Waals surface area contributed by atoms with Gasteiger partial charge in [-0.25, -0.2) is 13.9 Å². The lowest BCUT2D eigenvalue weighted by molar-refractivity contribution is 0.0518. The molecule has 1 N–H and O–H groups in total. The molecule has 0 radical (unpaired) electrons. The summed E-state index contributed by atoms with van der Waals surface area (Å²) in [5, 5.41) is 0. The highest BCUT2D eigenvalue weighted by molar-refractivity contribution is 7.87. The van der Waals surface area contributed by atoms with Crippen LogP contribution in [0.25, 0.3) is 0 Å². The molecule has 1 amide bonds. The van der Waals surface area contributed by atoms with Gasteiger partial charge in [-0.2, -0.15) is 12.7 Å². The van der Waals surface area contributed by atoms with Crippen LogP contribution in [0, 0.1) is 5.82 Å². The van der Waals surface area contributed by atoms with Gasteiger partial charge in [0.25, 0.3) is 5.91 Å². The normalized spacial score (nSPS) is 17.8. The third-order valence-corrected chi connectivity index (χ3v) is 6.27. The molecule has 0 unspecified atom stereocenters. The first-order valence-electron chi connectivity index (χ1n) is 9.31. The third-order valence-electron chi connectivity index (χ3n) is 4.78. The van der Waals surface area contributed by atoms with Gasteiger partial charge >= 0.3 is 16.2 Å². The lowest BCUT2D eigenvalue weighted by Gasteiger charge is -2.27. The Balaban J connectivity index is 1.89. The SMILES string of the molecule is CCOC(=O)c1cc(OC2CCC2)c(C(=O)NS(=O)(=O)N2CCCC2)cc1F. The fourth-order valence-corrected chi connectivity index (χ4v) is 4.24. The molecule has 1 saturated heterocycles. The maximum Gasteiger partial charge on any atom is 0.341 e. The summed E-state index contributed by atoms with van der Waals surface area (Å²) in [7, 11) is -4.03. The van der Waals surface area contributed by atoms with E-state index in [9.17, 15) is 22.4 Å². The number of nitrogens with zero attached hydrogens (tertiary/aromatic N) is 1. The van der Waals surface area contributed by atoms with Gasteiger partial charge in [-0.1, -0.05) is 0 Å². The molecular formula is C18H23FN2O6S. The van der Waals surface area contributed by atoms with Gasteiger partial charge in [0, 0.05) is 13.1 Å². The zero-order valence-electron chi connectivity index (χ0n) is 15.6. The van der Waals surface area contributed by atoms with Gasteiger partial charge in [0.2, 0.25) is 0 Å². The van der Waals surface area contributed by atoms with Gasteiger partial charge in [-0.15, -0.1) is 0 Å². The van der Waals surface area contributed by atoms with Gasteiger partial charge in [0.15, 0.2) is 0 Å². The van der Waals surface area contributed by atoms with Crippen LogP contribution in [0.15, 0.2) is 12.1 Å². The summed E-state index contributed by atoms with van der Waals surface area (Å²) in [6.45, 7) is 2.30. The highest BCUT2D eigenvalue weighted by Crippen LogP contribution is 2.30. The highest BCUT2D eigenvalue weighted by Gasteiger charge is 2.30. The molecule has 2 fully saturated rings. The number of carbonyl (C=O) groups excluding carboxylic acids is 2. The number of carbonyl (C=O) groups is 2. The van der Waals surface area contributed by atoms with Crippen LogP contribution in [-0.2, 0) is 14.9 Å². The van der Waals surface area contributed by atoms with E-state index >= 15 is 0 Å². The second-order valence-corrected chi connectivity index (χ2v) is 8.43. The smallest absolute Gasteiger partial charge is 0.341 e. The molecule has 0 atom stereocenters. The van der Waals surface area contributed by atoms with E-state index in [1.54, 1.807) is 6.92 Å². The molecule has 0 bridgehead atoms. The van der Waals surface area contributed by atoms with Crippen LogP contribution in [0.5, 0.6) is 5.75 Å². The number of ether oxygens (including phenoxy) is 2. The first-order chi connectivity index (χ1) is 13.3. The molecule has 1 aliphatic carbocycles. The van der Waals surface area contributed by atoms with Crippen molar-refractivity contribution >= 4 is 22.1 Å². The second-order valence-electron chi connectivity index (χ2n) is 6.76. The van der Waals surface area contributed by atoms with E-state index in [0.717, 1.165) is 31.4 Å². The first kappa shape index (κ1) is 20.5. The molecule has 1 heterocycles. The molecule has 1 saturated carbocycles. The van der Waals surface area contributed by atoms with Crippen molar-refractivity contribution in [2.24, 2.45) is 0 Å². The third kappa shape index (κ3) is 4.44. The van der Waals surface area contributed by atoms with Crippen molar-refractivity contribution in [2.75, 3.05) is 19.7 Å². The van der Waals surface area contributed by atoms with Crippen molar-refractivity contribution in [1.29, 1.82) is 0 Å². The molecule has 28 heavy (non-hydrogen) atoms. The first-order valence-corrected chi connectivity index (χ1v) is 10.8. The largest absolute Gasteiger partial charge is 0.490 e. The molecule has 0 spiro atoms. The minimum atomic E-state index is -4.03. The van der Waals surface area contributed by atoms with Crippen LogP contribution in [-0.4, -0.2) is 50.4 Å². The van der Waals surface area contributed by atoms with Gasteiger partial charge in [0.1, 0.15) is 11.6 Å². The average molecular weight is 414 g/mol. The Morgan fingerprint density at radius 1 is 1.18 bits per heavy atom. The summed E-state index contributed by atoms with van der Waals surface area (Å²) < 4.78 is 52.8. The quantitative estimate of drug-likeness (QED) is 0.685. The number of hydrogen-bond acceptors (Lipinski definition) is 6. The molecule has 1 aromatic rings. The summed E-state index contributed by atoms with van der Waals surface area (Å²) >= 11 is 0. The minimum Gasteiger partial charge on any atom is -0.490 e. The van der Waals surface area contributed by atoms with Gasteiger partial charge in [-0.05, 0) is 51.2 Å². The number of nitrogens with one attached hydrogen (secondary N) is 1. The van der Waals surface area contributed by atoms with E-state index in [1.165, 1.54) is 4.31 Å². The summed E-state index contributed by atoms with van der Waals surface area (Å²) in [5.41, 5.74) is -0.643. The Morgan fingerprint density at radius 2 is 1.86 bits per heavy atom. The van der Waals surface area contributed by atoms with Crippen molar-refractivity contribution in [2.45, 2.75) is 45.1 Å². The number of benzene rings is 1. The van der Waals surface area contributed by atoms with E-state index in [4.69, 9.17) is 9.47 Å². The van der Waals surface area contributed by atoms with Crippen LogP contribution in [0.4, 0.5) is 4.39 Å². The van der Waals surface area contributed by atoms with Crippen molar-refractivity contribution in [3.05, 3.63) is 29.1 Å². The number of rotatable bonds is 7. The summed E-state index contributed by atoms with van der Waals surface area (Å²) in [4.78, 5) is 24.6. The van der Waals surface area contributed by atoms with E-state index < -0.39 is 27.9 Å². The van der Waals surface area contributed by atoms with Crippen LogP contribution < -0.4 is 9.46 Å². The van der Waals surface area contributed by atoms with Crippen molar-refractivity contribution in [3.63, 3.8) is 0 Å². The van der Waals surface area contributed by atoms with Gasteiger partial charge in [0.05, 0.1) is 23.8 Å². The maximum atomic E-state index is 14.4. The Morgan fingerprint density at radius 3 is 2.43 bits per heavy atom. The number of amides is 1. The summed E-state index contributed by atoms with van der Waals surface area (Å²) in [6.07, 6.45) is 3.75. The molecule has 2 aliphatic rings. The lowest BCUT2D eigenvalue weighted by Crippen LogP contribution is -2.42. The topological polar surface area (TPSA) is 102 Å². The fraction of sp³-hybridized carbons (Fsp3) is 0.556. The average Bonchev–Trinajstić information content (AvgIpc) is 3.14. The second kappa shape index (κ2) is 8.44. The van der Waals surface area contributed by atoms with Crippen LogP contribution in [0.3, 0.4) is 0 Å². The van der Waals surface area contributed by atoms with E-state index in [2.05, 4.69) is 0 Å². The monoisotopic (exact) mass is 414 g/mol. The zero-order chi connectivity index (χ0) is 20.3. The molecular weight excluding hydrogens is 391 g/mol. The molecule has 8 nitrogen and oxygen atoms in total. The molecule has 3 rings (SSSR count). The molecule has 0 aromatic heterocycles. The number of hydrogen-bond donors (Lipinski definition) is 1. The molecule has 1 aliphatic heterocycles. The van der Waals surface area contributed by atoms with Crippen molar-refractivity contribution in [1.82, 2.24) is 9.03 Å². The van der Waals surface area contributed by atoms with E-state index in [-0.39, 0.29) is 29.6 Å². The van der Waals surface area contributed by atoms with E-state index in [0.29, 0.717) is 25.9 Å². The Labute approximate surface area is 163 Å². The predicted octanol–water partition coefficient (Wildman–Crippen LogP) is 2.00. The lowest BCUT2D eigenvalue weighted by atomic mass is 9.96. The van der Waals surface area contributed by atoms with Crippen molar-refractivity contribution in [3.8, 4) is 5.75 Å². The van der Waals surface area contributed by atoms with Gasteiger partial charge < -0.3 is 9.47 Å². The number of esters is 1. The zero-order valence-corrected chi connectivity index (χ0v) is 16.4. The van der Waals surface area contributed by atoms with Crippen LogP contribution in [0.1, 0.15) is 59.7 Å². The van der Waals surface area contributed by atoms with Gasteiger partial charge in [-0.3, -0.25) is 4.79 Å². The Bertz CT molecular complexity index is 863. The summed E-state index contributed by atoms with van der Waals surface area (Å²) in [5.74, 6) is -2.91. The molecule has 10 heteroatoms. The number of halogens is 1. The van der Waals surface area contributed by atoms with E-state index in [1.807, 2.05) is 4.72 Å².